The number of carbonyl (C=O) groups excluding carboxylic acids is 2. The topological polar surface area (TPSA) is 85.8 Å². The van der Waals surface area contributed by atoms with Gasteiger partial charge in [-0.3, -0.25) is 9.59 Å². The van der Waals surface area contributed by atoms with E-state index in [0.29, 0.717) is 18.9 Å². The van der Waals surface area contributed by atoms with Crippen molar-refractivity contribution in [2.45, 2.75) is 39.5 Å². The third-order valence-corrected chi connectivity index (χ3v) is 3.95. The number of nitrogens with zero attached hydrogens (tertiary/aromatic N) is 2. The van der Waals surface area contributed by atoms with Gasteiger partial charge < -0.3 is 20.9 Å². The molecule has 1 saturated heterocycles. The molecule has 0 aromatic carbocycles. The molecule has 8 heteroatoms. The van der Waals surface area contributed by atoms with Crippen LogP contribution in [0.3, 0.4) is 0 Å². The number of amides is 2. The van der Waals surface area contributed by atoms with E-state index in [0.717, 1.165) is 44.9 Å². The molecule has 0 aliphatic carbocycles. The zero-order chi connectivity index (χ0) is 17.1. The highest BCUT2D eigenvalue weighted by Crippen LogP contribution is 2.20. The van der Waals surface area contributed by atoms with E-state index in [1.54, 1.807) is 7.05 Å². The number of rotatable bonds is 7. The van der Waals surface area contributed by atoms with Crippen LogP contribution in [0.2, 0.25) is 0 Å². The number of hydrogen-bond donors (Lipinski definition) is 3. The molecular formula is C16H32IN5O2. The van der Waals surface area contributed by atoms with Crippen LogP contribution < -0.4 is 16.0 Å². The molecule has 0 aromatic heterocycles. The molecule has 0 spiro atoms. The van der Waals surface area contributed by atoms with E-state index in [4.69, 9.17) is 0 Å². The Balaban J connectivity index is 0.00000529. The first-order valence-corrected chi connectivity index (χ1v) is 8.61. The zero-order valence-electron chi connectivity index (χ0n) is 15.1. The van der Waals surface area contributed by atoms with Crippen molar-refractivity contribution < 1.29 is 9.59 Å². The maximum atomic E-state index is 11.7. The Morgan fingerprint density at radius 2 is 1.79 bits per heavy atom. The summed E-state index contributed by atoms with van der Waals surface area (Å²) in [6.07, 6.45) is 3.46. The Kier molecular flexibility index (Phi) is 12.7. The van der Waals surface area contributed by atoms with Crippen LogP contribution in [0.4, 0.5) is 0 Å². The lowest BCUT2D eigenvalue weighted by molar-refractivity contribution is -0.122. The fraction of sp³-hybridized carbons (Fsp3) is 0.812. The number of aliphatic imine (C=N–C) groups is 1. The Bertz CT molecular complexity index is 409. The van der Waals surface area contributed by atoms with Crippen LogP contribution in [0.15, 0.2) is 4.99 Å². The highest BCUT2D eigenvalue weighted by Gasteiger charge is 2.23. The molecule has 0 radical (unpaired) electrons. The minimum absolute atomic E-state index is 0. The molecule has 1 fully saturated rings. The standard InChI is InChI=1S/C16H31N5O2.HI/c1-4-8-19-15(23)12-20-16(18-5-2)21-9-6-13(7-10-21)11-14(22)17-3;/h13H,4-12H2,1-3H3,(H,17,22)(H,18,20)(H,19,23);1H. The van der Waals surface area contributed by atoms with Gasteiger partial charge in [0.15, 0.2) is 5.96 Å². The normalized spacial score (nSPS) is 15.5. The van der Waals surface area contributed by atoms with Crippen molar-refractivity contribution >= 4 is 41.8 Å². The molecule has 140 valence electrons. The van der Waals surface area contributed by atoms with Crippen LogP contribution in [0.25, 0.3) is 0 Å². The lowest BCUT2D eigenvalue weighted by Crippen LogP contribution is -2.46. The maximum absolute atomic E-state index is 11.7. The van der Waals surface area contributed by atoms with Crippen molar-refractivity contribution in [3.8, 4) is 0 Å². The molecule has 1 rings (SSSR count). The van der Waals surface area contributed by atoms with Crippen LogP contribution in [-0.2, 0) is 9.59 Å². The van der Waals surface area contributed by atoms with E-state index in [-0.39, 0.29) is 42.3 Å². The Morgan fingerprint density at radius 3 is 2.33 bits per heavy atom. The number of hydrogen-bond acceptors (Lipinski definition) is 3. The minimum atomic E-state index is -0.0447. The van der Waals surface area contributed by atoms with Crippen LogP contribution in [-0.4, -0.2) is 62.4 Å². The fourth-order valence-corrected chi connectivity index (χ4v) is 2.61. The van der Waals surface area contributed by atoms with Crippen molar-refractivity contribution in [1.82, 2.24) is 20.9 Å². The molecule has 0 aromatic rings. The Labute approximate surface area is 162 Å². The summed E-state index contributed by atoms with van der Waals surface area (Å²) >= 11 is 0. The molecule has 7 nitrogen and oxygen atoms in total. The summed E-state index contributed by atoms with van der Waals surface area (Å²) in [6, 6.07) is 0. The van der Waals surface area contributed by atoms with Gasteiger partial charge in [0.05, 0.1) is 0 Å². The van der Waals surface area contributed by atoms with Gasteiger partial charge in [0.25, 0.3) is 0 Å². The smallest absolute Gasteiger partial charge is 0.241 e. The van der Waals surface area contributed by atoms with E-state index in [1.165, 1.54) is 0 Å². The van der Waals surface area contributed by atoms with Crippen LogP contribution in [0.1, 0.15) is 39.5 Å². The van der Waals surface area contributed by atoms with Crippen molar-refractivity contribution in [3.05, 3.63) is 0 Å². The van der Waals surface area contributed by atoms with Crippen molar-refractivity contribution in [1.29, 1.82) is 0 Å². The highest BCUT2D eigenvalue weighted by atomic mass is 127. The average Bonchev–Trinajstić information content (AvgIpc) is 2.57. The van der Waals surface area contributed by atoms with Gasteiger partial charge >= 0.3 is 0 Å². The Hall–Kier alpha value is -1.06. The van der Waals surface area contributed by atoms with E-state index in [2.05, 4.69) is 25.8 Å². The van der Waals surface area contributed by atoms with Crippen LogP contribution >= 0.6 is 24.0 Å². The molecule has 2 amide bonds. The summed E-state index contributed by atoms with van der Waals surface area (Å²) < 4.78 is 0. The first-order valence-electron chi connectivity index (χ1n) is 8.61. The van der Waals surface area contributed by atoms with Gasteiger partial charge in [0.2, 0.25) is 11.8 Å². The molecule has 0 saturated carbocycles. The van der Waals surface area contributed by atoms with Crippen LogP contribution in [0.5, 0.6) is 0 Å². The number of piperidine rings is 1. The number of guanidine groups is 1. The van der Waals surface area contributed by atoms with E-state index < -0.39 is 0 Å². The molecule has 1 heterocycles. The fourth-order valence-electron chi connectivity index (χ4n) is 2.61. The molecule has 3 N–H and O–H groups in total. The van der Waals surface area contributed by atoms with E-state index >= 15 is 0 Å². The molecule has 0 unspecified atom stereocenters. The van der Waals surface area contributed by atoms with Gasteiger partial charge in [0.1, 0.15) is 6.54 Å². The lowest BCUT2D eigenvalue weighted by atomic mass is 9.93. The zero-order valence-corrected chi connectivity index (χ0v) is 17.4. The third kappa shape index (κ3) is 8.70. The minimum Gasteiger partial charge on any atom is -0.359 e. The molecule has 0 atom stereocenters. The summed E-state index contributed by atoms with van der Waals surface area (Å²) in [5, 5.41) is 8.76. The van der Waals surface area contributed by atoms with Gasteiger partial charge in [-0.05, 0) is 32.1 Å². The largest absolute Gasteiger partial charge is 0.359 e. The van der Waals surface area contributed by atoms with Gasteiger partial charge in [-0.25, -0.2) is 4.99 Å². The van der Waals surface area contributed by atoms with Gasteiger partial charge in [-0.15, -0.1) is 24.0 Å². The molecule has 1 aliphatic heterocycles. The molecule has 0 bridgehead atoms. The summed E-state index contributed by atoms with van der Waals surface area (Å²) in [6.45, 7) is 7.39. The second-order valence-corrected chi connectivity index (χ2v) is 5.83. The summed E-state index contributed by atoms with van der Waals surface area (Å²) in [5.41, 5.74) is 0. The van der Waals surface area contributed by atoms with E-state index in [1.807, 2.05) is 13.8 Å². The van der Waals surface area contributed by atoms with Crippen molar-refractivity contribution in [2.75, 3.05) is 39.8 Å². The number of nitrogens with one attached hydrogen (secondary N) is 3. The Morgan fingerprint density at radius 1 is 1.12 bits per heavy atom. The first-order chi connectivity index (χ1) is 11.1. The lowest BCUT2D eigenvalue weighted by Gasteiger charge is -2.34. The first kappa shape index (κ1) is 22.9. The highest BCUT2D eigenvalue weighted by molar-refractivity contribution is 14.0. The van der Waals surface area contributed by atoms with Crippen molar-refractivity contribution in [2.24, 2.45) is 10.9 Å². The summed E-state index contributed by atoms with van der Waals surface area (Å²) in [4.78, 5) is 29.8. The SMILES string of the molecule is CCCNC(=O)CN=C(NCC)N1CCC(CC(=O)NC)CC1.I. The van der Waals surface area contributed by atoms with Crippen LogP contribution in [0, 0.1) is 5.92 Å². The number of carbonyl (C=O) groups is 2. The number of likely N-dealkylation sites (tertiary alicyclic amines) is 1. The predicted octanol–water partition coefficient (Wildman–Crippen LogP) is 0.944. The second kappa shape index (κ2) is 13.3. The van der Waals surface area contributed by atoms with Crippen molar-refractivity contribution in [3.63, 3.8) is 0 Å². The number of halogens is 1. The quantitative estimate of drug-likeness (QED) is 0.305. The monoisotopic (exact) mass is 453 g/mol. The second-order valence-electron chi connectivity index (χ2n) is 5.83. The predicted molar refractivity (Wildman–Crippen MR) is 108 cm³/mol. The van der Waals surface area contributed by atoms with E-state index in [9.17, 15) is 9.59 Å². The molecule has 1 aliphatic rings. The molecular weight excluding hydrogens is 421 g/mol. The van der Waals surface area contributed by atoms with Gasteiger partial charge in [-0.1, -0.05) is 6.92 Å². The molecule has 24 heavy (non-hydrogen) atoms. The maximum Gasteiger partial charge on any atom is 0.241 e. The van der Waals surface area contributed by atoms with Gasteiger partial charge in [0, 0.05) is 39.6 Å². The summed E-state index contributed by atoms with van der Waals surface area (Å²) in [5.74, 6) is 1.29. The van der Waals surface area contributed by atoms with Gasteiger partial charge in [-0.2, -0.15) is 0 Å². The summed E-state index contributed by atoms with van der Waals surface area (Å²) in [7, 11) is 1.68. The average molecular weight is 453 g/mol. The third-order valence-electron chi connectivity index (χ3n) is 3.95.